The number of rotatable bonds is 33. The molecule has 47 heavy (non-hydrogen) atoms. The average molecular weight is 689 g/mol. The molecule has 10 heteroatoms. The first kappa shape index (κ1) is 45.5. The van der Waals surface area contributed by atoms with E-state index in [2.05, 4.69) is 38.2 Å². The summed E-state index contributed by atoms with van der Waals surface area (Å²) >= 11 is 0. The zero-order valence-corrected chi connectivity index (χ0v) is 31.7. The first-order valence-electron chi connectivity index (χ1n) is 18.6. The van der Waals surface area contributed by atoms with Crippen LogP contribution in [0.1, 0.15) is 149 Å². The van der Waals surface area contributed by atoms with Crippen molar-refractivity contribution < 1.29 is 42.1 Å². The van der Waals surface area contributed by atoms with Crippen molar-refractivity contribution in [3.63, 3.8) is 0 Å². The summed E-state index contributed by atoms with van der Waals surface area (Å²) in [7, 11) is 1.47. The number of carbonyl (C=O) groups excluding carboxylic acids is 2. The molecule has 0 aliphatic carbocycles. The van der Waals surface area contributed by atoms with Crippen molar-refractivity contribution in [2.24, 2.45) is 0 Å². The van der Waals surface area contributed by atoms with Crippen LogP contribution in [-0.4, -0.2) is 74.9 Å². The van der Waals surface area contributed by atoms with Crippen LogP contribution in [0.4, 0.5) is 0 Å². The standard InChI is InChI=1S/C37H70NO8P/c1-6-8-10-12-13-14-15-16-17-18-19-20-21-22-23-24-25-26-28-30-37(40)46-35(33-43-36(39)29-27-11-9-7-2)34-45-47(41,42)44-32-31-38(3,4)5/h13-14,16-17,35H,6-12,15,18-34H2,1-5H3/p+1/b14-13-,17-16-. The highest BCUT2D eigenvalue weighted by Crippen LogP contribution is 2.43. The zero-order valence-electron chi connectivity index (χ0n) is 30.8. The molecule has 0 amide bonds. The number of quaternary nitrogens is 1. The van der Waals surface area contributed by atoms with Gasteiger partial charge < -0.3 is 18.9 Å². The molecule has 0 bridgehead atoms. The van der Waals surface area contributed by atoms with Crippen LogP contribution in [0.5, 0.6) is 0 Å². The third-order valence-corrected chi connectivity index (χ3v) is 8.72. The van der Waals surface area contributed by atoms with Gasteiger partial charge in [-0.1, -0.05) is 115 Å². The van der Waals surface area contributed by atoms with Gasteiger partial charge in [-0.3, -0.25) is 18.6 Å². The molecule has 0 saturated heterocycles. The van der Waals surface area contributed by atoms with Crippen molar-refractivity contribution in [2.45, 2.75) is 155 Å². The van der Waals surface area contributed by atoms with Gasteiger partial charge in [0.2, 0.25) is 0 Å². The van der Waals surface area contributed by atoms with E-state index in [4.69, 9.17) is 18.5 Å². The quantitative estimate of drug-likeness (QED) is 0.0239. The molecular weight excluding hydrogens is 617 g/mol. The summed E-state index contributed by atoms with van der Waals surface area (Å²) in [6.07, 6.45) is 30.0. The molecule has 0 rings (SSSR count). The Morgan fingerprint density at radius 1 is 0.660 bits per heavy atom. The second-order valence-electron chi connectivity index (χ2n) is 13.6. The third-order valence-electron chi connectivity index (χ3n) is 7.73. The van der Waals surface area contributed by atoms with Crippen molar-refractivity contribution in [3.8, 4) is 0 Å². The molecule has 2 atom stereocenters. The number of carbonyl (C=O) groups is 2. The predicted molar refractivity (Wildman–Crippen MR) is 192 cm³/mol. The summed E-state index contributed by atoms with van der Waals surface area (Å²) in [4.78, 5) is 34.8. The Morgan fingerprint density at radius 3 is 1.72 bits per heavy atom. The number of phosphoric acid groups is 1. The molecule has 0 aromatic rings. The summed E-state index contributed by atoms with van der Waals surface area (Å²) in [5.41, 5.74) is 0. The van der Waals surface area contributed by atoms with Gasteiger partial charge in [0.05, 0.1) is 27.7 Å². The summed E-state index contributed by atoms with van der Waals surface area (Å²) in [6.45, 7) is 4.24. The van der Waals surface area contributed by atoms with Gasteiger partial charge in [0.15, 0.2) is 6.10 Å². The number of esters is 2. The average Bonchev–Trinajstić information content (AvgIpc) is 3.01. The molecule has 0 aromatic carbocycles. The minimum absolute atomic E-state index is 0.0314. The van der Waals surface area contributed by atoms with Crippen molar-refractivity contribution in [1.29, 1.82) is 0 Å². The van der Waals surface area contributed by atoms with Gasteiger partial charge >= 0.3 is 19.8 Å². The Labute approximate surface area is 288 Å². The second kappa shape index (κ2) is 30.5. The summed E-state index contributed by atoms with van der Waals surface area (Å²) in [5.74, 6) is -0.824. The summed E-state index contributed by atoms with van der Waals surface area (Å²) < 4.78 is 33.9. The van der Waals surface area contributed by atoms with Crippen LogP contribution in [0.2, 0.25) is 0 Å². The van der Waals surface area contributed by atoms with E-state index in [1.165, 1.54) is 57.8 Å². The number of hydrogen-bond acceptors (Lipinski definition) is 7. The molecule has 0 fully saturated rings. The van der Waals surface area contributed by atoms with Gasteiger partial charge in [-0.25, -0.2) is 4.57 Å². The topological polar surface area (TPSA) is 108 Å². The lowest BCUT2D eigenvalue weighted by atomic mass is 10.1. The van der Waals surface area contributed by atoms with Crippen molar-refractivity contribution >= 4 is 19.8 Å². The molecule has 2 unspecified atom stereocenters. The molecule has 1 N–H and O–H groups in total. The minimum atomic E-state index is -4.35. The van der Waals surface area contributed by atoms with Gasteiger partial charge in [-0.15, -0.1) is 0 Å². The van der Waals surface area contributed by atoms with E-state index in [-0.39, 0.29) is 32.0 Å². The van der Waals surface area contributed by atoms with E-state index in [1.54, 1.807) is 0 Å². The van der Waals surface area contributed by atoms with Gasteiger partial charge in [-0.05, 0) is 44.9 Å². The van der Waals surface area contributed by atoms with E-state index in [9.17, 15) is 19.0 Å². The van der Waals surface area contributed by atoms with Crippen LogP contribution in [0.3, 0.4) is 0 Å². The third kappa shape index (κ3) is 34.2. The van der Waals surface area contributed by atoms with Crippen LogP contribution >= 0.6 is 7.82 Å². The molecule has 9 nitrogen and oxygen atoms in total. The lowest BCUT2D eigenvalue weighted by Crippen LogP contribution is -2.37. The number of unbranched alkanes of at least 4 members (excludes halogenated alkanes) is 15. The van der Waals surface area contributed by atoms with Crippen LogP contribution in [0.25, 0.3) is 0 Å². The maximum atomic E-state index is 12.5. The van der Waals surface area contributed by atoms with Crippen LogP contribution < -0.4 is 0 Å². The van der Waals surface area contributed by atoms with Gasteiger partial charge in [0.1, 0.15) is 19.8 Å². The summed E-state index contributed by atoms with van der Waals surface area (Å²) in [5, 5.41) is 0. The Balaban J connectivity index is 4.22. The smallest absolute Gasteiger partial charge is 0.462 e. The lowest BCUT2D eigenvalue weighted by molar-refractivity contribution is -0.870. The van der Waals surface area contributed by atoms with E-state index in [0.717, 1.165) is 57.8 Å². The number of nitrogens with zero attached hydrogens (tertiary/aromatic N) is 1. The number of hydrogen-bond donors (Lipinski definition) is 1. The van der Waals surface area contributed by atoms with Crippen LogP contribution in [0.15, 0.2) is 24.3 Å². The summed E-state index contributed by atoms with van der Waals surface area (Å²) in [6, 6.07) is 0. The van der Waals surface area contributed by atoms with Crippen LogP contribution in [-0.2, 0) is 32.7 Å². The van der Waals surface area contributed by atoms with E-state index in [0.29, 0.717) is 17.4 Å². The monoisotopic (exact) mass is 688 g/mol. The first-order valence-corrected chi connectivity index (χ1v) is 20.1. The molecule has 0 radical (unpaired) electrons. The Hall–Kier alpha value is -1.51. The van der Waals surface area contributed by atoms with Crippen molar-refractivity contribution in [3.05, 3.63) is 24.3 Å². The van der Waals surface area contributed by atoms with Gasteiger partial charge in [-0.2, -0.15) is 0 Å². The molecule has 276 valence electrons. The molecular formula is C37H71NO8P+. The van der Waals surface area contributed by atoms with Crippen molar-refractivity contribution in [1.82, 2.24) is 0 Å². The Kier molecular flexibility index (Phi) is 29.6. The van der Waals surface area contributed by atoms with E-state index >= 15 is 0 Å². The number of ether oxygens (including phenoxy) is 2. The minimum Gasteiger partial charge on any atom is -0.462 e. The molecule has 0 saturated carbocycles. The molecule has 0 heterocycles. The maximum absolute atomic E-state index is 12.5. The molecule has 0 aliphatic rings. The van der Waals surface area contributed by atoms with E-state index < -0.39 is 26.5 Å². The fourth-order valence-corrected chi connectivity index (χ4v) is 5.49. The Morgan fingerprint density at radius 2 is 1.15 bits per heavy atom. The molecule has 0 aromatic heterocycles. The first-order chi connectivity index (χ1) is 22.5. The van der Waals surface area contributed by atoms with Gasteiger partial charge in [0, 0.05) is 12.8 Å². The predicted octanol–water partition coefficient (Wildman–Crippen LogP) is 9.63. The second-order valence-corrected chi connectivity index (χ2v) is 15.1. The fraction of sp³-hybridized carbons (Fsp3) is 0.838. The fourth-order valence-electron chi connectivity index (χ4n) is 4.75. The normalized spacial score (nSPS) is 14.1. The SMILES string of the molecule is CCCCC/C=C\C/C=C\CCCCCCCCCCCC(=O)OC(COC(=O)CCCCCC)COP(=O)(O)OCC[N+](C)(C)C. The molecule has 0 aliphatic heterocycles. The highest BCUT2D eigenvalue weighted by atomic mass is 31.2. The van der Waals surface area contributed by atoms with Crippen molar-refractivity contribution in [2.75, 3.05) is 47.5 Å². The lowest BCUT2D eigenvalue weighted by Gasteiger charge is -2.24. The van der Waals surface area contributed by atoms with Crippen LogP contribution in [0, 0.1) is 0 Å². The zero-order chi connectivity index (χ0) is 35.1. The number of likely N-dealkylation sites (N-methyl/N-ethyl adjacent to an activating group) is 1. The molecule has 0 spiro atoms. The maximum Gasteiger partial charge on any atom is 0.472 e. The highest BCUT2D eigenvalue weighted by molar-refractivity contribution is 7.47. The Bertz CT molecular complexity index is 871. The number of allylic oxidation sites excluding steroid dienone is 4. The number of phosphoric ester groups is 1. The largest absolute Gasteiger partial charge is 0.472 e. The van der Waals surface area contributed by atoms with Gasteiger partial charge in [0.25, 0.3) is 0 Å². The highest BCUT2D eigenvalue weighted by Gasteiger charge is 2.27. The van der Waals surface area contributed by atoms with E-state index in [1.807, 2.05) is 21.1 Å².